The van der Waals surface area contributed by atoms with Crippen LogP contribution >= 0.6 is 22.6 Å². The number of nitrogens with zero attached hydrogens (tertiary/aromatic N) is 1. The molecule has 0 radical (unpaired) electrons. The summed E-state index contributed by atoms with van der Waals surface area (Å²) < 4.78 is 10.3. The first-order valence-electron chi connectivity index (χ1n) is 5.82. The Morgan fingerprint density at radius 3 is 2.33 bits per heavy atom. The van der Waals surface area contributed by atoms with E-state index in [2.05, 4.69) is 0 Å². The number of hydrogen-bond donors (Lipinski definition) is 0. The molecule has 1 aromatic carbocycles. The molecule has 110 valence electrons. The maximum absolute atomic E-state index is 11.8. The van der Waals surface area contributed by atoms with Crippen molar-refractivity contribution >= 4 is 46.3 Å². The van der Waals surface area contributed by atoms with E-state index in [0.717, 1.165) is 0 Å². The first-order chi connectivity index (χ1) is 9.69. The van der Waals surface area contributed by atoms with Gasteiger partial charge in [-0.25, -0.2) is 9.59 Å². The van der Waals surface area contributed by atoms with Crippen LogP contribution in [0.25, 0.3) is 6.08 Å². The van der Waals surface area contributed by atoms with Gasteiger partial charge >= 0.3 is 11.9 Å². The zero-order chi connectivity index (χ0) is 15.8. The molecule has 0 spiro atoms. The molecule has 0 atom stereocenters. The molecular formula is C13H10INO6. The third kappa shape index (κ3) is 3.38. The van der Waals surface area contributed by atoms with Gasteiger partial charge in [0.25, 0.3) is 11.5 Å². The van der Waals surface area contributed by atoms with Crippen molar-refractivity contribution in [1.82, 2.24) is 0 Å². The number of cyclic esters (lactones) is 2. The van der Waals surface area contributed by atoms with E-state index in [4.69, 9.17) is 9.47 Å². The van der Waals surface area contributed by atoms with Crippen LogP contribution in [0.5, 0.6) is 0 Å². The van der Waals surface area contributed by atoms with Crippen molar-refractivity contribution in [2.75, 3.05) is 0 Å². The first-order valence-corrected chi connectivity index (χ1v) is 6.90. The monoisotopic (exact) mass is 403 g/mol. The topological polar surface area (TPSA) is 95.7 Å². The molecule has 1 aliphatic heterocycles. The number of halogens is 1. The van der Waals surface area contributed by atoms with Crippen molar-refractivity contribution in [1.29, 1.82) is 0 Å². The summed E-state index contributed by atoms with van der Waals surface area (Å²) in [4.78, 5) is 33.9. The summed E-state index contributed by atoms with van der Waals surface area (Å²) in [5.74, 6) is -2.96. The van der Waals surface area contributed by atoms with Gasteiger partial charge in [0, 0.05) is 19.9 Å². The van der Waals surface area contributed by atoms with Crippen molar-refractivity contribution in [3.05, 3.63) is 43.0 Å². The molecule has 0 saturated carbocycles. The van der Waals surface area contributed by atoms with Gasteiger partial charge in [-0.3, -0.25) is 10.1 Å². The van der Waals surface area contributed by atoms with Crippen LogP contribution in [0.3, 0.4) is 0 Å². The van der Waals surface area contributed by atoms with Gasteiger partial charge in [0.2, 0.25) is 0 Å². The number of ether oxygens (including phenoxy) is 2. The molecule has 0 amide bonds. The predicted octanol–water partition coefficient (Wildman–Crippen LogP) is 2.42. The Morgan fingerprint density at radius 2 is 1.81 bits per heavy atom. The highest BCUT2D eigenvalue weighted by atomic mass is 127. The second-order valence-electron chi connectivity index (χ2n) is 4.70. The molecule has 1 heterocycles. The summed E-state index contributed by atoms with van der Waals surface area (Å²) in [5.41, 5.74) is -0.0709. The molecular weight excluding hydrogens is 393 g/mol. The number of hydrogen-bond acceptors (Lipinski definition) is 6. The fraction of sp³-hybridized carbons (Fsp3) is 0.231. The number of rotatable bonds is 2. The van der Waals surface area contributed by atoms with Crippen LogP contribution < -0.4 is 0 Å². The second kappa shape index (κ2) is 5.43. The lowest BCUT2D eigenvalue weighted by Crippen LogP contribution is -2.41. The van der Waals surface area contributed by atoms with Crippen molar-refractivity contribution in [2.45, 2.75) is 19.6 Å². The Hall–Kier alpha value is -1.97. The average Bonchev–Trinajstić information content (AvgIpc) is 2.34. The quantitative estimate of drug-likeness (QED) is 0.188. The standard InChI is InChI=1S/C13H10INO6/c1-13(2)20-11(16)8(12(17)21-13)5-7-3-4-9(14)10(6-7)15(18)19/h3-6H,1-2H3. The lowest BCUT2D eigenvalue weighted by atomic mass is 10.1. The summed E-state index contributed by atoms with van der Waals surface area (Å²) >= 11 is 1.83. The minimum atomic E-state index is -1.32. The molecule has 1 saturated heterocycles. The predicted molar refractivity (Wildman–Crippen MR) is 80.1 cm³/mol. The Balaban J connectivity index is 2.40. The van der Waals surface area contributed by atoms with E-state index in [1.54, 1.807) is 6.07 Å². The first kappa shape index (κ1) is 15.4. The van der Waals surface area contributed by atoms with Crippen LogP contribution in [0.2, 0.25) is 0 Å². The van der Waals surface area contributed by atoms with Gasteiger partial charge in [0.15, 0.2) is 0 Å². The third-order valence-electron chi connectivity index (χ3n) is 2.59. The lowest BCUT2D eigenvalue weighted by molar-refractivity contribution is -0.385. The number of esters is 2. The zero-order valence-corrected chi connectivity index (χ0v) is 13.2. The Kier molecular flexibility index (Phi) is 3.99. The smallest absolute Gasteiger partial charge is 0.348 e. The molecule has 21 heavy (non-hydrogen) atoms. The summed E-state index contributed by atoms with van der Waals surface area (Å²) in [6.07, 6.45) is 1.21. The Morgan fingerprint density at radius 1 is 1.24 bits per heavy atom. The van der Waals surface area contributed by atoms with Crippen LogP contribution in [0.4, 0.5) is 5.69 Å². The largest absolute Gasteiger partial charge is 0.419 e. The minimum absolute atomic E-state index is 0.108. The SMILES string of the molecule is CC1(C)OC(=O)C(=Cc2ccc(I)c([N+](=O)[O-])c2)C(=O)O1. The summed E-state index contributed by atoms with van der Waals surface area (Å²) in [5, 5.41) is 10.9. The number of nitro groups is 1. The molecule has 0 aromatic heterocycles. The van der Waals surface area contributed by atoms with E-state index >= 15 is 0 Å². The maximum atomic E-state index is 11.8. The van der Waals surface area contributed by atoms with Crippen LogP contribution in [0, 0.1) is 13.7 Å². The fourth-order valence-corrected chi connectivity index (χ4v) is 2.24. The highest BCUT2D eigenvalue weighted by Crippen LogP contribution is 2.26. The molecule has 0 unspecified atom stereocenters. The molecule has 0 aliphatic carbocycles. The van der Waals surface area contributed by atoms with Crippen LogP contribution in [0.1, 0.15) is 19.4 Å². The lowest BCUT2D eigenvalue weighted by Gasteiger charge is -2.29. The summed E-state index contributed by atoms with van der Waals surface area (Å²) in [6, 6.07) is 4.35. The molecule has 8 heteroatoms. The van der Waals surface area contributed by atoms with E-state index in [0.29, 0.717) is 9.13 Å². The Labute approximate surface area is 133 Å². The number of benzene rings is 1. The van der Waals surface area contributed by atoms with Crippen LogP contribution in [-0.2, 0) is 19.1 Å². The van der Waals surface area contributed by atoms with Gasteiger partial charge < -0.3 is 9.47 Å². The Bertz CT molecular complexity index is 657. The van der Waals surface area contributed by atoms with Crippen molar-refractivity contribution < 1.29 is 24.0 Å². The highest BCUT2D eigenvalue weighted by Gasteiger charge is 2.38. The molecule has 1 aliphatic rings. The van der Waals surface area contributed by atoms with E-state index < -0.39 is 22.6 Å². The molecule has 1 aromatic rings. The molecule has 7 nitrogen and oxygen atoms in total. The molecule has 2 rings (SSSR count). The normalized spacial score (nSPS) is 17.0. The van der Waals surface area contributed by atoms with Crippen molar-refractivity contribution in [3.8, 4) is 0 Å². The van der Waals surface area contributed by atoms with Crippen LogP contribution in [-0.4, -0.2) is 22.6 Å². The molecule has 0 bridgehead atoms. The van der Waals surface area contributed by atoms with E-state index in [1.807, 2.05) is 22.6 Å². The average molecular weight is 403 g/mol. The van der Waals surface area contributed by atoms with Crippen LogP contribution in [0.15, 0.2) is 23.8 Å². The minimum Gasteiger partial charge on any atom is -0.419 e. The van der Waals surface area contributed by atoms with E-state index in [1.165, 1.54) is 32.1 Å². The molecule has 0 N–H and O–H groups in total. The van der Waals surface area contributed by atoms with Gasteiger partial charge in [-0.1, -0.05) is 6.07 Å². The second-order valence-corrected chi connectivity index (χ2v) is 5.87. The number of carbonyl (C=O) groups excluding carboxylic acids is 2. The van der Waals surface area contributed by atoms with Gasteiger partial charge in [-0.05, 0) is 40.3 Å². The number of nitro benzene ring substituents is 1. The maximum Gasteiger partial charge on any atom is 0.348 e. The third-order valence-corrected chi connectivity index (χ3v) is 3.51. The van der Waals surface area contributed by atoms with Gasteiger partial charge in [0.1, 0.15) is 5.57 Å². The zero-order valence-electron chi connectivity index (χ0n) is 11.1. The molecule has 1 fully saturated rings. The van der Waals surface area contributed by atoms with E-state index in [9.17, 15) is 19.7 Å². The fourth-order valence-electron chi connectivity index (χ4n) is 1.70. The van der Waals surface area contributed by atoms with Gasteiger partial charge in [-0.2, -0.15) is 0 Å². The van der Waals surface area contributed by atoms with Crippen molar-refractivity contribution in [3.63, 3.8) is 0 Å². The summed E-state index contributed by atoms with van der Waals surface area (Å²) in [6.45, 7) is 2.88. The summed E-state index contributed by atoms with van der Waals surface area (Å²) in [7, 11) is 0. The van der Waals surface area contributed by atoms with Crippen molar-refractivity contribution in [2.24, 2.45) is 0 Å². The van der Waals surface area contributed by atoms with E-state index in [-0.39, 0.29) is 11.3 Å². The van der Waals surface area contributed by atoms with Gasteiger partial charge in [0.05, 0.1) is 8.49 Å². The highest BCUT2D eigenvalue weighted by molar-refractivity contribution is 14.1. The van der Waals surface area contributed by atoms with Gasteiger partial charge in [-0.15, -0.1) is 0 Å². The number of carbonyl (C=O) groups is 2.